The van der Waals surface area contributed by atoms with Crippen LogP contribution in [0.15, 0.2) is 10.7 Å². The summed E-state index contributed by atoms with van der Waals surface area (Å²) in [5, 5.41) is 14.1. The highest BCUT2D eigenvalue weighted by molar-refractivity contribution is 5.85. The molecule has 0 atom stereocenters. The van der Waals surface area contributed by atoms with E-state index in [1.54, 1.807) is 0 Å². The van der Waals surface area contributed by atoms with Gasteiger partial charge in [0.1, 0.15) is 6.26 Å². The summed E-state index contributed by atoms with van der Waals surface area (Å²) in [6, 6.07) is 0.101. The molecule has 18 heavy (non-hydrogen) atoms. The normalized spacial score (nSPS) is 10.4. The maximum Gasteiger partial charge on any atom is 0.357 e. The zero-order valence-electron chi connectivity index (χ0n) is 10.4. The van der Waals surface area contributed by atoms with Crippen LogP contribution in [0, 0.1) is 5.92 Å². The Labute approximate surface area is 105 Å². The summed E-state index contributed by atoms with van der Waals surface area (Å²) in [6.45, 7) is 5.00. The van der Waals surface area contributed by atoms with Crippen LogP contribution in [-0.4, -0.2) is 35.1 Å². The highest BCUT2D eigenvalue weighted by Crippen LogP contribution is 2.06. The number of amides is 1. The fourth-order valence-corrected chi connectivity index (χ4v) is 1.14. The molecule has 1 amide bonds. The number of aromatic carboxylic acids is 1. The van der Waals surface area contributed by atoms with Crippen molar-refractivity contribution in [3.05, 3.63) is 12.0 Å². The summed E-state index contributed by atoms with van der Waals surface area (Å²) in [5.41, 5.74) is -0.165. The largest absolute Gasteiger partial charge is 0.476 e. The molecule has 100 valence electrons. The van der Waals surface area contributed by atoms with Crippen LogP contribution in [0.2, 0.25) is 0 Å². The van der Waals surface area contributed by atoms with E-state index in [1.165, 1.54) is 0 Å². The van der Waals surface area contributed by atoms with Crippen LogP contribution in [0.25, 0.3) is 0 Å². The van der Waals surface area contributed by atoms with E-state index in [9.17, 15) is 9.59 Å². The van der Waals surface area contributed by atoms with Gasteiger partial charge in [0.2, 0.25) is 5.91 Å². The average Bonchev–Trinajstić information content (AvgIpc) is 2.75. The van der Waals surface area contributed by atoms with Crippen LogP contribution in [0.5, 0.6) is 0 Å². The molecule has 7 nitrogen and oxygen atoms in total. The summed E-state index contributed by atoms with van der Waals surface area (Å²) >= 11 is 0. The topological polar surface area (TPSA) is 104 Å². The Morgan fingerprint density at radius 1 is 1.50 bits per heavy atom. The number of nitrogens with one attached hydrogen (secondary N) is 2. The lowest BCUT2D eigenvalue weighted by atomic mass is 10.2. The molecule has 0 saturated heterocycles. The zero-order valence-corrected chi connectivity index (χ0v) is 10.4. The first-order valence-corrected chi connectivity index (χ1v) is 5.68. The van der Waals surface area contributed by atoms with Gasteiger partial charge in [0, 0.05) is 19.5 Å². The Morgan fingerprint density at radius 3 is 2.78 bits per heavy atom. The number of carbonyl (C=O) groups is 2. The molecule has 0 aliphatic rings. The van der Waals surface area contributed by atoms with Crippen molar-refractivity contribution < 1.29 is 19.1 Å². The summed E-state index contributed by atoms with van der Waals surface area (Å²) in [5.74, 6) is -0.811. The minimum atomic E-state index is -1.15. The molecule has 0 unspecified atom stereocenters. The second kappa shape index (κ2) is 6.63. The Bertz CT molecular complexity index is 414. The van der Waals surface area contributed by atoms with E-state index in [2.05, 4.69) is 15.6 Å². The lowest BCUT2D eigenvalue weighted by Crippen LogP contribution is -2.28. The Hall–Kier alpha value is -2.05. The van der Waals surface area contributed by atoms with E-state index in [1.807, 2.05) is 13.8 Å². The quantitative estimate of drug-likeness (QED) is 0.670. The molecule has 7 heteroatoms. The van der Waals surface area contributed by atoms with E-state index in [4.69, 9.17) is 9.52 Å². The van der Waals surface area contributed by atoms with Crippen LogP contribution in [0.4, 0.5) is 6.01 Å². The number of hydrogen-bond donors (Lipinski definition) is 3. The highest BCUT2D eigenvalue weighted by Gasteiger charge is 2.10. The molecular formula is C11H17N3O4. The van der Waals surface area contributed by atoms with Gasteiger partial charge in [-0.1, -0.05) is 13.8 Å². The van der Waals surface area contributed by atoms with E-state index in [0.29, 0.717) is 19.0 Å². The number of carboxylic acid groups (broad SMARTS) is 1. The van der Waals surface area contributed by atoms with Crippen molar-refractivity contribution in [1.29, 1.82) is 0 Å². The maximum atomic E-state index is 11.4. The number of nitrogens with zero attached hydrogens (tertiary/aromatic N) is 1. The molecule has 0 fully saturated rings. The third-order valence-electron chi connectivity index (χ3n) is 2.06. The first-order chi connectivity index (χ1) is 8.49. The van der Waals surface area contributed by atoms with Gasteiger partial charge >= 0.3 is 5.97 Å². The first-order valence-electron chi connectivity index (χ1n) is 5.68. The number of carboxylic acids is 1. The van der Waals surface area contributed by atoms with Crippen molar-refractivity contribution in [2.24, 2.45) is 5.92 Å². The standard InChI is InChI=1S/C11H17N3O4/c1-7(2)5-13-9(15)3-4-12-11-14-8(6-18-11)10(16)17/h6-7H,3-5H2,1-2H3,(H,12,14)(H,13,15)(H,16,17). The van der Waals surface area contributed by atoms with E-state index >= 15 is 0 Å². The highest BCUT2D eigenvalue weighted by atomic mass is 16.4. The van der Waals surface area contributed by atoms with Gasteiger partial charge < -0.3 is 20.2 Å². The molecule has 0 saturated carbocycles. The third kappa shape index (κ3) is 4.86. The van der Waals surface area contributed by atoms with Crippen LogP contribution < -0.4 is 10.6 Å². The van der Waals surface area contributed by atoms with Gasteiger partial charge in [-0.3, -0.25) is 4.79 Å². The predicted molar refractivity (Wildman–Crippen MR) is 64.4 cm³/mol. The third-order valence-corrected chi connectivity index (χ3v) is 2.06. The number of rotatable bonds is 7. The number of hydrogen-bond acceptors (Lipinski definition) is 5. The summed E-state index contributed by atoms with van der Waals surface area (Å²) in [6.07, 6.45) is 1.32. The molecule has 0 spiro atoms. The van der Waals surface area contributed by atoms with Gasteiger partial charge in [0.05, 0.1) is 0 Å². The summed E-state index contributed by atoms with van der Waals surface area (Å²) < 4.78 is 4.87. The SMILES string of the molecule is CC(C)CNC(=O)CCNc1nc(C(=O)O)co1. The first kappa shape index (κ1) is 14.0. The van der Waals surface area contributed by atoms with Crippen LogP contribution in [-0.2, 0) is 4.79 Å². The maximum absolute atomic E-state index is 11.4. The van der Waals surface area contributed by atoms with Gasteiger partial charge in [0.15, 0.2) is 5.69 Å². The van der Waals surface area contributed by atoms with E-state index in [-0.39, 0.29) is 24.0 Å². The Kier molecular flexibility index (Phi) is 5.16. The second-order valence-corrected chi connectivity index (χ2v) is 4.22. The van der Waals surface area contributed by atoms with Crippen LogP contribution in [0.1, 0.15) is 30.8 Å². The Morgan fingerprint density at radius 2 is 2.22 bits per heavy atom. The lowest BCUT2D eigenvalue weighted by Gasteiger charge is -2.07. The fraction of sp³-hybridized carbons (Fsp3) is 0.545. The zero-order chi connectivity index (χ0) is 13.5. The van der Waals surface area contributed by atoms with Crippen molar-refractivity contribution in [1.82, 2.24) is 10.3 Å². The molecule has 3 N–H and O–H groups in total. The molecule has 0 aromatic carbocycles. The molecule has 1 aromatic rings. The van der Waals surface area contributed by atoms with Crippen molar-refractivity contribution in [2.45, 2.75) is 20.3 Å². The number of carbonyl (C=O) groups excluding carboxylic acids is 1. The second-order valence-electron chi connectivity index (χ2n) is 4.22. The smallest absolute Gasteiger partial charge is 0.357 e. The van der Waals surface area contributed by atoms with Crippen molar-refractivity contribution in [3.63, 3.8) is 0 Å². The van der Waals surface area contributed by atoms with Gasteiger partial charge in [-0.2, -0.15) is 4.98 Å². The van der Waals surface area contributed by atoms with Gasteiger partial charge in [-0.25, -0.2) is 4.79 Å². The molecule has 0 aliphatic carbocycles. The summed E-state index contributed by atoms with van der Waals surface area (Å²) in [7, 11) is 0. The van der Waals surface area contributed by atoms with Crippen molar-refractivity contribution in [3.8, 4) is 0 Å². The van der Waals surface area contributed by atoms with Crippen molar-refractivity contribution >= 4 is 17.9 Å². The van der Waals surface area contributed by atoms with Gasteiger partial charge in [0.25, 0.3) is 6.01 Å². The fourth-order valence-electron chi connectivity index (χ4n) is 1.14. The minimum absolute atomic E-state index is 0.0683. The molecule has 1 rings (SSSR count). The Balaban J connectivity index is 2.24. The van der Waals surface area contributed by atoms with E-state index in [0.717, 1.165) is 6.26 Å². The molecule has 0 aliphatic heterocycles. The monoisotopic (exact) mass is 255 g/mol. The number of oxazole rings is 1. The number of aromatic nitrogens is 1. The van der Waals surface area contributed by atoms with Crippen molar-refractivity contribution in [2.75, 3.05) is 18.4 Å². The number of anilines is 1. The predicted octanol–water partition coefficient (Wildman–Crippen LogP) is 0.947. The molecule has 1 aromatic heterocycles. The summed E-state index contributed by atoms with van der Waals surface area (Å²) in [4.78, 5) is 25.6. The molecular weight excluding hydrogens is 238 g/mol. The van der Waals surface area contributed by atoms with Crippen LogP contribution in [0.3, 0.4) is 0 Å². The lowest BCUT2D eigenvalue weighted by molar-refractivity contribution is -0.120. The van der Waals surface area contributed by atoms with Crippen LogP contribution >= 0.6 is 0 Å². The molecule has 1 heterocycles. The van der Waals surface area contributed by atoms with Gasteiger partial charge in [-0.05, 0) is 5.92 Å². The molecule has 0 radical (unpaired) electrons. The van der Waals surface area contributed by atoms with Gasteiger partial charge in [-0.15, -0.1) is 0 Å². The average molecular weight is 255 g/mol. The molecule has 0 bridgehead atoms. The van der Waals surface area contributed by atoms with E-state index < -0.39 is 5.97 Å². The minimum Gasteiger partial charge on any atom is -0.476 e.